The summed E-state index contributed by atoms with van der Waals surface area (Å²) >= 11 is 0. The largest absolute Gasteiger partial charge is 0.0771 e. The van der Waals surface area contributed by atoms with E-state index < -0.39 is 0 Å². The highest BCUT2D eigenvalue weighted by Gasteiger charge is 2.84. The molecule has 6 aliphatic carbocycles. The Balaban J connectivity index is 1.70. The zero-order chi connectivity index (χ0) is 30.2. The Hall–Kier alpha value is -2.34. The molecule has 7 unspecified atom stereocenters. The van der Waals surface area contributed by atoms with Gasteiger partial charge in [-0.3, -0.25) is 0 Å². The standard InChI is InChI=1S/C41H54/c1-27(2)32-25-31-26-39(11)37(9)22-15-14-20-35(37,7)36(8)21-16-17-23-38(36,10)41(39,13)40(31,12)28(3)33(32)29-18-19-30(24-29)34(4,5)6/h14-17,19-25H,18,26H2,1-13H3. The molecule has 0 aliphatic heterocycles. The fourth-order valence-electron chi connectivity index (χ4n) is 11.5. The van der Waals surface area contributed by atoms with Gasteiger partial charge in [-0.1, -0.05) is 153 Å². The Kier molecular flexibility index (Phi) is 5.60. The third-order valence-electron chi connectivity index (χ3n) is 15.0. The van der Waals surface area contributed by atoms with Gasteiger partial charge in [0.25, 0.3) is 0 Å². The molecule has 0 aromatic rings. The van der Waals surface area contributed by atoms with Gasteiger partial charge in [-0.05, 0) is 72.2 Å². The molecule has 218 valence electrons. The monoisotopic (exact) mass is 546 g/mol. The first-order chi connectivity index (χ1) is 18.8. The van der Waals surface area contributed by atoms with E-state index in [0.717, 1.165) is 12.8 Å². The molecule has 7 atom stereocenters. The molecular formula is C41H54. The first-order valence-electron chi connectivity index (χ1n) is 16.1. The van der Waals surface area contributed by atoms with Crippen molar-refractivity contribution in [3.05, 3.63) is 106 Å². The lowest BCUT2D eigenvalue weighted by Gasteiger charge is -2.79. The molecule has 0 aromatic heterocycles. The molecule has 6 aliphatic rings. The lowest BCUT2D eigenvalue weighted by molar-refractivity contribution is -0.261. The summed E-state index contributed by atoms with van der Waals surface area (Å²) in [6.45, 7) is 32.6. The van der Waals surface area contributed by atoms with Crippen LogP contribution in [0.1, 0.15) is 103 Å². The number of fused-ring (bicyclic) bond motifs is 8. The van der Waals surface area contributed by atoms with E-state index in [-0.39, 0.29) is 43.3 Å². The van der Waals surface area contributed by atoms with Gasteiger partial charge in [-0.25, -0.2) is 0 Å². The molecule has 0 bridgehead atoms. The summed E-state index contributed by atoms with van der Waals surface area (Å²) in [4.78, 5) is 0. The van der Waals surface area contributed by atoms with Gasteiger partial charge in [0.2, 0.25) is 0 Å². The summed E-state index contributed by atoms with van der Waals surface area (Å²) in [7, 11) is 0. The van der Waals surface area contributed by atoms with Gasteiger partial charge in [-0.2, -0.15) is 0 Å². The van der Waals surface area contributed by atoms with Crippen molar-refractivity contribution in [1.82, 2.24) is 0 Å². The van der Waals surface area contributed by atoms with E-state index in [1.807, 2.05) is 0 Å². The maximum Gasteiger partial charge on any atom is 0.0170 e. The van der Waals surface area contributed by atoms with Crippen LogP contribution in [0, 0.1) is 43.3 Å². The Morgan fingerprint density at radius 2 is 1.22 bits per heavy atom. The van der Waals surface area contributed by atoms with Crippen molar-refractivity contribution in [1.29, 1.82) is 0 Å². The molecule has 0 saturated heterocycles. The van der Waals surface area contributed by atoms with E-state index in [9.17, 15) is 0 Å². The molecule has 0 N–H and O–H groups in total. The zero-order valence-electron chi connectivity index (χ0n) is 28.3. The maximum absolute atomic E-state index is 2.70. The highest BCUT2D eigenvalue weighted by Crippen LogP contribution is 2.89. The topological polar surface area (TPSA) is 0 Å². The zero-order valence-corrected chi connectivity index (χ0v) is 28.3. The van der Waals surface area contributed by atoms with Crippen LogP contribution in [0.4, 0.5) is 0 Å². The van der Waals surface area contributed by atoms with Crippen molar-refractivity contribution in [2.45, 2.75) is 103 Å². The second-order valence-electron chi connectivity index (χ2n) is 16.9. The molecule has 2 saturated carbocycles. The van der Waals surface area contributed by atoms with Crippen LogP contribution >= 0.6 is 0 Å². The molecule has 0 amide bonds. The van der Waals surface area contributed by atoms with Crippen molar-refractivity contribution in [2.75, 3.05) is 0 Å². The molecule has 0 radical (unpaired) electrons. The normalized spacial score (nSPS) is 46.1. The van der Waals surface area contributed by atoms with Crippen LogP contribution in [0.3, 0.4) is 0 Å². The van der Waals surface area contributed by atoms with Gasteiger partial charge in [0.1, 0.15) is 0 Å². The second-order valence-corrected chi connectivity index (χ2v) is 16.9. The SMILES string of the molecule is CC(C)=C1C=C2CC3(C)C4(C)C=CC=CC4(C)C4(C)C=CC=CC4(C)C3(C)C2(C)C(C)=C1C1=CC(C(C)(C)C)=CC1. The lowest BCUT2D eigenvalue weighted by atomic mass is 9.24. The second kappa shape index (κ2) is 7.98. The van der Waals surface area contributed by atoms with Gasteiger partial charge in [-0.15, -0.1) is 0 Å². The highest BCUT2D eigenvalue weighted by atomic mass is 14.9. The van der Waals surface area contributed by atoms with Crippen LogP contribution in [0.2, 0.25) is 0 Å². The van der Waals surface area contributed by atoms with E-state index in [1.54, 1.807) is 11.1 Å². The number of hydrogen-bond acceptors (Lipinski definition) is 0. The summed E-state index contributed by atoms with van der Waals surface area (Å²) in [5, 5.41) is 0. The fourth-order valence-corrected chi connectivity index (χ4v) is 11.5. The predicted octanol–water partition coefficient (Wildman–Crippen LogP) is 11.6. The van der Waals surface area contributed by atoms with Crippen molar-refractivity contribution in [2.24, 2.45) is 43.3 Å². The van der Waals surface area contributed by atoms with E-state index in [1.165, 1.54) is 27.9 Å². The molecule has 6 rings (SSSR count). The minimum Gasteiger partial charge on any atom is -0.0771 e. The molecule has 0 heterocycles. The average molecular weight is 547 g/mol. The predicted molar refractivity (Wildman–Crippen MR) is 177 cm³/mol. The van der Waals surface area contributed by atoms with Gasteiger partial charge >= 0.3 is 0 Å². The van der Waals surface area contributed by atoms with E-state index >= 15 is 0 Å². The third kappa shape index (κ3) is 2.81. The van der Waals surface area contributed by atoms with Gasteiger partial charge in [0.05, 0.1) is 0 Å². The molecule has 0 nitrogen and oxygen atoms in total. The Morgan fingerprint density at radius 1 is 0.707 bits per heavy atom. The molecule has 2 fully saturated rings. The Labute approximate surface area is 251 Å². The summed E-state index contributed by atoms with van der Waals surface area (Å²) in [5.41, 5.74) is 10.5. The first kappa shape index (κ1) is 28.8. The summed E-state index contributed by atoms with van der Waals surface area (Å²) in [6, 6.07) is 0. The molecule has 0 aromatic carbocycles. The van der Waals surface area contributed by atoms with Gasteiger partial charge in [0.15, 0.2) is 0 Å². The third-order valence-corrected chi connectivity index (χ3v) is 15.0. The maximum atomic E-state index is 2.70. The first-order valence-corrected chi connectivity index (χ1v) is 16.1. The van der Waals surface area contributed by atoms with Crippen molar-refractivity contribution < 1.29 is 0 Å². The van der Waals surface area contributed by atoms with Crippen LogP contribution in [-0.2, 0) is 0 Å². The van der Waals surface area contributed by atoms with Crippen molar-refractivity contribution >= 4 is 0 Å². The summed E-state index contributed by atoms with van der Waals surface area (Å²) < 4.78 is 0. The number of hydrogen-bond donors (Lipinski definition) is 0. The smallest absolute Gasteiger partial charge is 0.0170 e. The van der Waals surface area contributed by atoms with Gasteiger partial charge < -0.3 is 0 Å². The van der Waals surface area contributed by atoms with Crippen molar-refractivity contribution in [3.63, 3.8) is 0 Å². The molecule has 0 spiro atoms. The van der Waals surface area contributed by atoms with Crippen LogP contribution in [0.15, 0.2) is 106 Å². The van der Waals surface area contributed by atoms with Gasteiger partial charge in [0, 0.05) is 27.1 Å². The molecule has 41 heavy (non-hydrogen) atoms. The molecule has 0 heteroatoms. The molecular weight excluding hydrogens is 492 g/mol. The van der Waals surface area contributed by atoms with Crippen LogP contribution in [0.25, 0.3) is 0 Å². The minimum atomic E-state index is -0.0772. The van der Waals surface area contributed by atoms with Crippen LogP contribution in [0.5, 0.6) is 0 Å². The Bertz CT molecular complexity index is 1530. The fraction of sp³-hybridized carbons (Fsp3) is 0.561. The number of rotatable bonds is 1. The quantitative estimate of drug-likeness (QED) is 0.307. The average Bonchev–Trinajstić information content (AvgIpc) is 3.45. The van der Waals surface area contributed by atoms with Crippen molar-refractivity contribution in [3.8, 4) is 0 Å². The Morgan fingerprint density at radius 3 is 1.73 bits per heavy atom. The van der Waals surface area contributed by atoms with E-state index in [0.29, 0.717) is 0 Å². The van der Waals surface area contributed by atoms with Crippen LogP contribution < -0.4 is 0 Å². The van der Waals surface area contributed by atoms with E-state index in [2.05, 4.69) is 157 Å². The van der Waals surface area contributed by atoms with E-state index in [4.69, 9.17) is 0 Å². The highest BCUT2D eigenvalue weighted by molar-refractivity contribution is 5.68. The minimum absolute atomic E-state index is 0.0202. The lowest BCUT2D eigenvalue weighted by Crippen LogP contribution is -2.74. The van der Waals surface area contributed by atoms with Crippen LogP contribution in [-0.4, -0.2) is 0 Å². The summed E-state index contributed by atoms with van der Waals surface area (Å²) in [6.07, 6.45) is 29.6. The summed E-state index contributed by atoms with van der Waals surface area (Å²) in [5.74, 6) is 0. The number of allylic oxidation sites excluding steroid dienone is 18.